The molecule has 104 valence electrons. The van der Waals surface area contributed by atoms with Crippen LogP contribution in [0.25, 0.3) is 0 Å². The minimum absolute atomic E-state index is 0.0296. The van der Waals surface area contributed by atoms with Gasteiger partial charge in [-0.3, -0.25) is 4.79 Å². The highest BCUT2D eigenvalue weighted by atomic mass is 16.6. The van der Waals surface area contributed by atoms with E-state index in [2.05, 4.69) is 5.32 Å². The Balaban J connectivity index is 2.35. The van der Waals surface area contributed by atoms with Crippen molar-refractivity contribution in [1.82, 2.24) is 10.2 Å². The van der Waals surface area contributed by atoms with Crippen LogP contribution in [0.4, 0.5) is 4.79 Å². The van der Waals surface area contributed by atoms with Crippen molar-refractivity contribution in [2.24, 2.45) is 0 Å². The molecule has 6 nitrogen and oxygen atoms in total. The summed E-state index contributed by atoms with van der Waals surface area (Å²) in [6, 6.07) is -0.113. The van der Waals surface area contributed by atoms with Gasteiger partial charge in [0.25, 0.3) is 0 Å². The van der Waals surface area contributed by atoms with Crippen LogP contribution in [-0.4, -0.2) is 53.3 Å². The molecule has 0 aliphatic carbocycles. The summed E-state index contributed by atoms with van der Waals surface area (Å²) in [5.41, 5.74) is -0.575. The van der Waals surface area contributed by atoms with Gasteiger partial charge in [0.15, 0.2) is 0 Å². The molecule has 2 amide bonds. The second kappa shape index (κ2) is 6.04. The first-order valence-corrected chi connectivity index (χ1v) is 6.20. The highest BCUT2D eigenvalue weighted by Gasteiger charge is 2.28. The van der Waals surface area contributed by atoms with E-state index in [1.54, 1.807) is 25.7 Å². The van der Waals surface area contributed by atoms with Crippen molar-refractivity contribution in [3.05, 3.63) is 0 Å². The summed E-state index contributed by atoms with van der Waals surface area (Å²) in [4.78, 5) is 24.8. The second-order valence-electron chi connectivity index (χ2n) is 5.42. The van der Waals surface area contributed by atoms with E-state index in [0.29, 0.717) is 6.54 Å². The van der Waals surface area contributed by atoms with Crippen LogP contribution < -0.4 is 5.32 Å². The number of carbonyl (C=O) groups is 2. The van der Waals surface area contributed by atoms with E-state index in [1.807, 2.05) is 0 Å². The third kappa shape index (κ3) is 4.52. The number of aliphatic hydroxyl groups is 1. The predicted octanol–water partition coefficient (Wildman–Crippen LogP) is 0.494. The SMILES string of the molecule is CC(C)(C)OC(=O)NCC(=O)N1CCC[C@H]1CO. The number of aliphatic hydroxyl groups excluding tert-OH is 1. The summed E-state index contributed by atoms with van der Waals surface area (Å²) >= 11 is 0. The molecule has 6 heteroatoms. The predicted molar refractivity (Wildman–Crippen MR) is 66.1 cm³/mol. The molecule has 18 heavy (non-hydrogen) atoms. The van der Waals surface area contributed by atoms with Crippen molar-refractivity contribution < 1.29 is 19.4 Å². The zero-order valence-electron chi connectivity index (χ0n) is 11.2. The van der Waals surface area contributed by atoms with Crippen LogP contribution in [0.5, 0.6) is 0 Å². The standard InChI is InChI=1S/C12H22N2O4/c1-12(2,3)18-11(17)13-7-10(16)14-6-4-5-9(14)8-15/h9,15H,4-8H2,1-3H3,(H,13,17)/t9-/m0/s1. The smallest absolute Gasteiger partial charge is 0.408 e. The lowest BCUT2D eigenvalue weighted by Gasteiger charge is -2.24. The van der Waals surface area contributed by atoms with E-state index in [4.69, 9.17) is 9.84 Å². The maximum atomic E-state index is 11.8. The van der Waals surface area contributed by atoms with Crippen molar-refractivity contribution in [2.45, 2.75) is 45.3 Å². The molecule has 1 aliphatic heterocycles. The van der Waals surface area contributed by atoms with Gasteiger partial charge in [0.2, 0.25) is 5.91 Å². The van der Waals surface area contributed by atoms with Crippen molar-refractivity contribution in [1.29, 1.82) is 0 Å². The largest absolute Gasteiger partial charge is 0.444 e. The topological polar surface area (TPSA) is 78.9 Å². The number of carbonyl (C=O) groups excluding carboxylic acids is 2. The monoisotopic (exact) mass is 258 g/mol. The fourth-order valence-corrected chi connectivity index (χ4v) is 1.92. The average molecular weight is 258 g/mol. The second-order valence-corrected chi connectivity index (χ2v) is 5.42. The number of alkyl carbamates (subject to hydrolysis) is 1. The van der Waals surface area contributed by atoms with Gasteiger partial charge < -0.3 is 20.1 Å². The number of rotatable bonds is 3. The molecule has 1 atom stereocenters. The zero-order valence-corrected chi connectivity index (χ0v) is 11.2. The zero-order chi connectivity index (χ0) is 13.8. The summed E-state index contributed by atoms with van der Waals surface area (Å²) in [7, 11) is 0. The molecule has 0 unspecified atom stereocenters. The van der Waals surface area contributed by atoms with Crippen LogP contribution in [0, 0.1) is 0 Å². The molecule has 0 aromatic rings. The molecule has 0 aromatic heterocycles. The van der Waals surface area contributed by atoms with Crippen molar-refractivity contribution >= 4 is 12.0 Å². The van der Waals surface area contributed by atoms with Gasteiger partial charge in [0.05, 0.1) is 12.6 Å². The van der Waals surface area contributed by atoms with Crippen molar-refractivity contribution in [3.8, 4) is 0 Å². The number of amides is 2. The number of hydrogen-bond acceptors (Lipinski definition) is 4. The Morgan fingerprint density at radius 2 is 2.11 bits per heavy atom. The molecule has 0 aromatic carbocycles. The molecule has 0 saturated carbocycles. The normalized spacial score (nSPS) is 19.8. The van der Waals surface area contributed by atoms with Crippen LogP contribution in [0.15, 0.2) is 0 Å². The Hall–Kier alpha value is -1.30. The maximum absolute atomic E-state index is 11.8. The number of ether oxygens (including phenoxy) is 1. The molecule has 1 rings (SSSR count). The van der Waals surface area contributed by atoms with Gasteiger partial charge in [0, 0.05) is 6.54 Å². The van der Waals surface area contributed by atoms with E-state index in [1.165, 1.54) is 0 Å². The lowest BCUT2D eigenvalue weighted by Crippen LogP contribution is -2.44. The maximum Gasteiger partial charge on any atom is 0.408 e. The van der Waals surface area contributed by atoms with Gasteiger partial charge in [-0.1, -0.05) is 0 Å². The molecule has 0 bridgehead atoms. The van der Waals surface area contributed by atoms with Crippen molar-refractivity contribution in [2.75, 3.05) is 19.7 Å². The summed E-state index contributed by atoms with van der Waals surface area (Å²) < 4.78 is 5.03. The molecular weight excluding hydrogens is 236 g/mol. The highest BCUT2D eigenvalue weighted by molar-refractivity contribution is 5.82. The van der Waals surface area contributed by atoms with Crippen molar-refractivity contribution in [3.63, 3.8) is 0 Å². The summed E-state index contributed by atoms with van der Waals surface area (Å²) in [5.74, 6) is -0.183. The Bertz CT molecular complexity index is 312. The lowest BCUT2D eigenvalue weighted by atomic mass is 10.2. The summed E-state index contributed by atoms with van der Waals surface area (Å²) in [5, 5.41) is 11.5. The van der Waals surface area contributed by atoms with E-state index in [0.717, 1.165) is 12.8 Å². The molecule has 0 spiro atoms. The number of nitrogens with one attached hydrogen (secondary N) is 1. The Morgan fingerprint density at radius 1 is 1.44 bits per heavy atom. The number of hydrogen-bond donors (Lipinski definition) is 2. The van der Waals surface area contributed by atoms with E-state index in [9.17, 15) is 9.59 Å². The number of likely N-dealkylation sites (tertiary alicyclic amines) is 1. The fourth-order valence-electron chi connectivity index (χ4n) is 1.92. The van der Waals surface area contributed by atoms with Gasteiger partial charge in [0.1, 0.15) is 12.1 Å². The molecule has 1 heterocycles. The van der Waals surface area contributed by atoms with Crippen LogP contribution in [-0.2, 0) is 9.53 Å². The third-order valence-corrected chi connectivity index (χ3v) is 2.69. The molecule has 0 radical (unpaired) electrons. The molecule has 1 aliphatic rings. The molecule has 1 fully saturated rings. The highest BCUT2D eigenvalue weighted by Crippen LogP contribution is 2.16. The quantitative estimate of drug-likeness (QED) is 0.772. The lowest BCUT2D eigenvalue weighted by molar-refractivity contribution is -0.131. The van der Waals surface area contributed by atoms with Crippen LogP contribution in [0.2, 0.25) is 0 Å². The van der Waals surface area contributed by atoms with Gasteiger partial charge in [-0.2, -0.15) is 0 Å². The van der Waals surface area contributed by atoms with Crippen LogP contribution >= 0.6 is 0 Å². The third-order valence-electron chi connectivity index (χ3n) is 2.69. The van der Waals surface area contributed by atoms with Crippen LogP contribution in [0.3, 0.4) is 0 Å². The Labute approximate surface area is 107 Å². The fraction of sp³-hybridized carbons (Fsp3) is 0.833. The number of nitrogens with zero attached hydrogens (tertiary/aromatic N) is 1. The first-order chi connectivity index (χ1) is 8.33. The minimum Gasteiger partial charge on any atom is -0.444 e. The van der Waals surface area contributed by atoms with Gasteiger partial charge >= 0.3 is 6.09 Å². The first kappa shape index (κ1) is 14.8. The average Bonchev–Trinajstić information content (AvgIpc) is 2.71. The Morgan fingerprint density at radius 3 is 2.67 bits per heavy atom. The summed E-state index contributed by atoms with van der Waals surface area (Å²) in [6.07, 6.45) is 1.11. The molecule has 1 saturated heterocycles. The minimum atomic E-state index is -0.601. The van der Waals surface area contributed by atoms with Crippen LogP contribution in [0.1, 0.15) is 33.6 Å². The van der Waals surface area contributed by atoms with E-state index >= 15 is 0 Å². The van der Waals surface area contributed by atoms with Gasteiger partial charge in [-0.25, -0.2) is 4.79 Å². The van der Waals surface area contributed by atoms with Gasteiger partial charge in [-0.05, 0) is 33.6 Å². The summed E-state index contributed by atoms with van der Waals surface area (Å²) in [6.45, 7) is 5.80. The van der Waals surface area contributed by atoms with E-state index in [-0.39, 0.29) is 25.1 Å². The van der Waals surface area contributed by atoms with Gasteiger partial charge in [-0.15, -0.1) is 0 Å². The molecule has 2 N–H and O–H groups in total. The first-order valence-electron chi connectivity index (χ1n) is 6.20. The van der Waals surface area contributed by atoms with E-state index < -0.39 is 11.7 Å². The Kier molecular flexibility index (Phi) is 4.95. The molecular formula is C12H22N2O4.